The first-order valence-corrected chi connectivity index (χ1v) is 8.42. The number of aromatic nitrogens is 1. The molecule has 0 bridgehead atoms. The highest BCUT2D eigenvalue weighted by Gasteiger charge is 2.24. The topological polar surface area (TPSA) is 85.5 Å². The lowest BCUT2D eigenvalue weighted by Crippen LogP contribution is -2.54. The van der Waals surface area contributed by atoms with E-state index in [1.807, 2.05) is 14.1 Å². The SMILES string of the molecule is CN1CCN(C)C(CNS(=O)(=O)c2c[nH]c(=O)c(Cl)c2)C1. The van der Waals surface area contributed by atoms with E-state index < -0.39 is 15.6 Å². The van der Waals surface area contributed by atoms with Gasteiger partial charge in [0.15, 0.2) is 0 Å². The molecule has 1 saturated heterocycles. The zero-order chi connectivity index (χ0) is 15.6. The molecule has 0 amide bonds. The molecule has 1 aromatic rings. The average Bonchev–Trinajstić information content (AvgIpc) is 2.43. The maximum Gasteiger partial charge on any atom is 0.266 e. The molecule has 7 nitrogen and oxygen atoms in total. The van der Waals surface area contributed by atoms with E-state index in [0.29, 0.717) is 6.54 Å². The van der Waals surface area contributed by atoms with Gasteiger partial charge in [-0.1, -0.05) is 11.6 Å². The van der Waals surface area contributed by atoms with Crippen molar-refractivity contribution in [1.82, 2.24) is 19.5 Å². The number of hydrogen-bond donors (Lipinski definition) is 2. The summed E-state index contributed by atoms with van der Waals surface area (Å²) in [4.78, 5) is 17.7. The van der Waals surface area contributed by atoms with Gasteiger partial charge in [0.1, 0.15) is 5.02 Å². The Hall–Kier alpha value is -0.930. The Morgan fingerprint density at radius 3 is 2.81 bits per heavy atom. The summed E-state index contributed by atoms with van der Waals surface area (Å²) in [7, 11) is 0.296. The van der Waals surface area contributed by atoms with E-state index in [2.05, 4.69) is 19.5 Å². The summed E-state index contributed by atoms with van der Waals surface area (Å²) in [5.74, 6) is 0. The lowest BCUT2D eigenvalue weighted by atomic mass is 10.2. The van der Waals surface area contributed by atoms with Crippen LogP contribution in [0, 0.1) is 0 Å². The van der Waals surface area contributed by atoms with Crippen LogP contribution < -0.4 is 10.3 Å². The molecule has 0 aliphatic carbocycles. The van der Waals surface area contributed by atoms with Gasteiger partial charge in [-0.05, 0) is 20.2 Å². The van der Waals surface area contributed by atoms with Gasteiger partial charge < -0.3 is 9.88 Å². The zero-order valence-electron chi connectivity index (χ0n) is 12.0. The highest BCUT2D eigenvalue weighted by atomic mass is 35.5. The summed E-state index contributed by atoms with van der Waals surface area (Å²) < 4.78 is 27.0. The molecule has 1 fully saturated rings. The molecule has 0 saturated carbocycles. The van der Waals surface area contributed by atoms with Crippen LogP contribution in [0.3, 0.4) is 0 Å². The van der Waals surface area contributed by atoms with E-state index in [0.717, 1.165) is 31.9 Å². The number of nitrogens with one attached hydrogen (secondary N) is 2. The molecule has 9 heteroatoms. The van der Waals surface area contributed by atoms with Crippen molar-refractivity contribution < 1.29 is 8.42 Å². The van der Waals surface area contributed by atoms with E-state index in [1.54, 1.807) is 0 Å². The minimum atomic E-state index is -3.69. The van der Waals surface area contributed by atoms with Crippen molar-refractivity contribution in [3.05, 3.63) is 27.6 Å². The van der Waals surface area contributed by atoms with Crippen LogP contribution in [0.2, 0.25) is 5.02 Å². The van der Waals surface area contributed by atoms with Crippen molar-refractivity contribution in [1.29, 1.82) is 0 Å². The standard InChI is InChI=1S/C12H19ClN4O3S/c1-16-3-4-17(2)9(8-16)6-15-21(19,20)10-5-11(13)12(18)14-7-10/h5,7,9,15H,3-4,6,8H2,1-2H3,(H,14,18). The second-order valence-corrected chi connectivity index (χ2v) is 7.44. The zero-order valence-corrected chi connectivity index (χ0v) is 13.5. The third-order valence-corrected chi connectivity index (χ3v) is 5.31. The first-order chi connectivity index (χ1) is 9.79. The number of nitrogens with zero attached hydrogens (tertiary/aromatic N) is 2. The normalized spacial score (nSPS) is 21.6. The minimum absolute atomic E-state index is 0.0427. The van der Waals surface area contributed by atoms with Crippen LogP contribution in [-0.4, -0.2) is 69.5 Å². The molecular weight excluding hydrogens is 316 g/mol. The first-order valence-electron chi connectivity index (χ1n) is 6.56. The molecule has 1 aliphatic rings. The predicted molar refractivity (Wildman–Crippen MR) is 81.2 cm³/mol. The monoisotopic (exact) mass is 334 g/mol. The van der Waals surface area contributed by atoms with Gasteiger partial charge in [0.25, 0.3) is 5.56 Å². The molecule has 118 valence electrons. The van der Waals surface area contributed by atoms with E-state index in [1.165, 1.54) is 0 Å². The summed E-state index contributed by atoms with van der Waals surface area (Å²) >= 11 is 5.66. The third kappa shape index (κ3) is 4.04. The fraction of sp³-hybridized carbons (Fsp3) is 0.583. The molecule has 1 atom stereocenters. The summed E-state index contributed by atoms with van der Waals surface area (Å²) in [5.41, 5.74) is -0.510. The third-order valence-electron chi connectivity index (χ3n) is 3.63. The maximum absolute atomic E-state index is 12.2. The van der Waals surface area contributed by atoms with Gasteiger partial charge >= 0.3 is 0 Å². The highest BCUT2D eigenvalue weighted by Crippen LogP contribution is 2.11. The summed E-state index contributed by atoms with van der Waals surface area (Å²) in [6, 6.07) is 1.26. The van der Waals surface area contributed by atoms with Crippen LogP contribution in [0.4, 0.5) is 0 Å². The largest absolute Gasteiger partial charge is 0.326 e. The Bertz CT molecular complexity index is 661. The number of aromatic amines is 1. The van der Waals surface area contributed by atoms with Gasteiger partial charge in [0.2, 0.25) is 10.0 Å². The number of pyridine rings is 1. The molecule has 0 spiro atoms. The van der Waals surface area contributed by atoms with Crippen molar-refractivity contribution in [2.24, 2.45) is 0 Å². The summed E-state index contributed by atoms with van der Waals surface area (Å²) in [5, 5.41) is -0.146. The van der Waals surface area contributed by atoms with Crippen LogP contribution >= 0.6 is 11.6 Å². The molecule has 2 N–H and O–H groups in total. The second-order valence-electron chi connectivity index (χ2n) is 5.26. The molecule has 0 radical (unpaired) electrons. The van der Waals surface area contributed by atoms with Crippen molar-refractivity contribution >= 4 is 21.6 Å². The van der Waals surface area contributed by atoms with Crippen molar-refractivity contribution in [3.8, 4) is 0 Å². The van der Waals surface area contributed by atoms with Crippen LogP contribution in [0.5, 0.6) is 0 Å². The Morgan fingerprint density at radius 1 is 1.43 bits per heavy atom. The van der Waals surface area contributed by atoms with E-state index >= 15 is 0 Å². The van der Waals surface area contributed by atoms with E-state index in [9.17, 15) is 13.2 Å². The maximum atomic E-state index is 12.2. The number of H-pyrrole nitrogens is 1. The molecule has 2 heterocycles. The quantitative estimate of drug-likeness (QED) is 0.779. The van der Waals surface area contributed by atoms with Gasteiger partial charge in [-0.3, -0.25) is 9.69 Å². The van der Waals surface area contributed by atoms with Crippen molar-refractivity contribution in [2.75, 3.05) is 40.3 Å². The lowest BCUT2D eigenvalue weighted by Gasteiger charge is -2.37. The van der Waals surface area contributed by atoms with E-state index in [-0.39, 0.29) is 16.0 Å². The molecule has 0 aromatic carbocycles. The summed E-state index contributed by atoms with van der Waals surface area (Å²) in [6.07, 6.45) is 1.15. The Kier molecular flexibility index (Phi) is 5.05. The molecule has 1 aliphatic heterocycles. The predicted octanol–water partition coefficient (Wildman–Crippen LogP) is -0.448. The fourth-order valence-electron chi connectivity index (χ4n) is 2.20. The van der Waals surface area contributed by atoms with Crippen LogP contribution in [0.25, 0.3) is 0 Å². The number of halogens is 1. The number of piperazine rings is 1. The number of rotatable bonds is 4. The van der Waals surface area contributed by atoms with Gasteiger partial charge in [0.05, 0.1) is 4.90 Å². The molecule has 21 heavy (non-hydrogen) atoms. The molecular formula is C12H19ClN4O3S. The lowest BCUT2D eigenvalue weighted by molar-refractivity contribution is 0.117. The molecule has 1 unspecified atom stereocenters. The van der Waals surface area contributed by atoms with Crippen LogP contribution in [-0.2, 0) is 10.0 Å². The number of sulfonamides is 1. The molecule has 1 aromatic heterocycles. The van der Waals surface area contributed by atoms with Gasteiger partial charge in [0, 0.05) is 38.4 Å². The highest BCUT2D eigenvalue weighted by molar-refractivity contribution is 7.89. The Morgan fingerprint density at radius 2 is 2.14 bits per heavy atom. The average molecular weight is 335 g/mol. The van der Waals surface area contributed by atoms with Crippen molar-refractivity contribution in [3.63, 3.8) is 0 Å². The number of likely N-dealkylation sites (N-methyl/N-ethyl adjacent to an activating group) is 2. The van der Waals surface area contributed by atoms with Crippen LogP contribution in [0.15, 0.2) is 22.0 Å². The van der Waals surface area contributed by atoms with E-state index in [4.69, 9.17) is 11.6 Å². The fourth-order valence-corrected chi connectivity index (χ4v) is 3.51. The number of hydrogen-bond acceptors (Lipinski definition) is 5. The smallest absolute Gasteiger partial charge is 0.266 e. The Balaban J connectivity index is 2.07. The minimum Gasteiger partial charge on any atom is -0.326 e. The first kappa shape index (κ1) is 16.4. The van der Waals surface area contributed by atoms with Gasteiger partial charge in [-0.2, -0.15) is 0 Å². The summed E-state index contributed by atoms with van der Waals surface area (Å²) in [6.45, 7) is 2.97. The van der Waals surface area contributed by atoms with Crippen molar-refractivity contribution in [2.45, 2.75) is 10.9 Å². The Labute approximate surface area is 128 Å². The molecule has 2 rings (SSSR count). The van der Waals surface area contributed by atoms with Crippen LogP contribution in [0.1, 0.15) is 0 Å². The second kappa shape index (κ2) is 6.45. The van der Waals surface area contributed by atoms with Gasteiger partial charge in [-0.15, -0.1) is 0 Å². The van der Waals surface area contributed by atoms with Gasteiger partial charge in [-0.25, -0.2) is 13.1 Å².